The maximum absolute atomic E-state index is 9.51. The van der Waals surface area contributed by atoms with Crippen molar-refractivity contribution in [2.24, 2.45) is 0 Å². The summed E-state index contributed by atoms with van der Waals surface area (Å²) < 4.78 is 9.51. The van der Waals surface area contributed by atoms with E-state index in [4.69, 9.17) is 15.5 Å². The van der Waals surface area contributed by atoms with Crippen molar-refractivity contribution in [3.63, 3.8) is 0 Å². The molecule has 0 heterocycles. The monoisotopic (exact) mass is 110 g/mol. The van der Waals surface area contributed by atoms with Gasteiger partial charge in [-0.15, -0.1) is 0 Å². The van der Waals surface area contributed by atoms with E-state index in [2.05, 4.69) is 0 Å². The molecule has 0 aromatic rings. The fraction of sp³-hybridized carbons (Fsp3) is 1.00. The summed E-state index contributed by atoms with van der Waals surface area (Å²) in [6.07, 6.45) is -0.812. The third-order valence-electron chi connectivity index (χ3n) is 0.206. The molecule has 0 aromatic carbocycles. The van der Waals surface area contributed by atoms with Gasteiger partial charge in [0.05, 0.1) is 0 Å². The molecule has 0 aliphatic rings. The Labute approximate surface area is 35.1 Å². The molecule has 0 aliphatic heterocycles. The van der Waals surface area contributed by atoms with Gasteiger partial charge in [0.15, 0.2) is 0 Å². The summed E-state index contributed by atoms with van der Waals surface area (Å²) in [4.78, 5) is 15.5. The van der Waals surface area contributed by atoms with E-state index in [1.54, 1.807) is 0 Å². The fourth-order valence-electron chi connectivity index (χ4n) is 0. The Morgan fingerprint density at radius 3 is 1.83 bits per heavy atom. The Morgan fingerprint density at radius 1 is 1.67 bits per heavy atom. The van der Waals surface area contributed by atoms with Crippen LogP contribution in [0, 0.1) is 0 Å². The molecular weight excluding hydrogens is 105 g/mol. The van der Waals surface area contributed by atoms with E-state index in [1.165, 1.54) is 0 Å². The van der Waals surface area contributed by atoms with Crippen LogP contribution in [0.3, 0.4) is 0 Å². The van der Waals surface area contributed by atoms with Gasteiger partial charge in [-0.1, -0.05) is 0 Å². The molecule has 0 unspecified atom stereocenters. The van der Waals surface area contributed by atoms with Crippen LogP contribution >= 0.6 is 7.60 Å². The van der Waals surface area contributed by atoms with Crippen LogP contribution in [0.2, 0.25) is 0 Å². The normalized spacial score (nSPS) is 11.8. The Morgan fingerprint density at radius 2 is 1.83 bits per heavy atom. The summed E-state index contributed by atoms with van der Waals surface area (Å²) in [7, 11) is -3.98. The molecule has 0 aliphatic carbocycles. The minimum atomic E-state index is -3.98. The smallest absolute Gasteiger partial charge is 0.323 e. The van der Waals surface area contributed by atoms with E-state index >= 15 is 0 Å². The summed E-state index contributed by atoms with van der Waals surface area (Å²) in [5.74, 6) is 0. The average molecular weight is 110 g/mol. The lowest BCUT2D eigenvalue weighted by atomic mass is 11.6. The molecule has 0 saturated carbocycles. The Kier molecular flexibility index (Phi) is 1.74. The second kappa shape index (κ2) is 1.71. The molecule has 3 N–H and O–H groups in total. The summed E-state index contributed by atoms with van der Waals surface area (Å²) in [5.41, 5.74) is 6.09. The van der Waals surface area contributed by atoms with Crippen molar-refractivity contribution in [3.8, 4) is 0 Å². The molecule has 37 valence electrons. The van der Waals surface area contributed by atoms with Crippen molar-refractivity contribution in [2.75, 3.05) is 6.29 Å². The second-order valence-electron chi connectivity index (χ2n) is 0.823. The van der Waals surface area contributed by atoms with Gasteiger partial charge in [-0.05, 0) is 0 Å². The molecule has 0 bridgehead atoms. The van der Waals surface area contributed by atoms with E-state index in [1.807, 2.05) is 0 Å². The topological polar surface area (TPSA) is 81.3 Å². The highest BCUT2D eigenvalue weighted by Gasteiger charge is 2.06. The van der Waals surface area contributed by atoms with Crippen LogP contribution in [0.15, 0.2) is 0 Å². The van der Waals surface area contributed by atoms with Gasteiger partial charge in [0.2, 0.25) is 0 Å². The van der Waals surface area contributed by atoms with Crippen LogP contribution in [0.5, 0.6) is 0 Å². The first-order chi connectivity index (χ1) is 2.56. The van der Waals surface area contributed by atoms with E-state index in [-0.39, 0.29) is 0 Å². The standard InChI is InChI=1S/CH5NO3P/c2-1-6(3,4)5/h2H,1H2,(H2,3,4,5). The van der Waals surface area contributed by atoms with Crippen molar-refractivity contribution in [3.05, 3.63) is 0 Å². The van der Waals surface area contributed by atoms with Crippen molar-refractivity contribution in [2.45, 2.75) is 0 Å². The van der Waals surface area contributed by atoms with Gasteiger partial charge in [-0.25, -0.2) is 5.73 Å². The number of nitrogens with one attached hydrogen (secondary N) is 1. The highest BCUT2D eigenvalue weighted by Crippen LogP contribution is 2.31. The van der Waals surface area contributed by atoms with Gasteiger partial charge in [-0.2, -0.15) is 0 Å². The van der Waals surface area contributed by atoms with Crippen molar-refractivity contribution in [1.29, 1.82) is 0 Å². The van der Waals surface area contributed by atoms with Crippen LogP contribution in [0.4, 0.5) is 0 Å². The molecule has 0 saturated heterocycles. The molecular formula is CH5NO3P. The highest BCUT2D eigenvalue weighted by atomic mass is 31.2. The molecule has 0 rings (SSSR count). The summed E-state index contributed by atoms with van der Waals surface area (Å²) in [5, 5.41) is 0. The zero-order valence-corrected chi connectivity index (χ0v) is 3.85. The van der Waals surface area contributed by atoms with Gasteiger partial charge in [-0.3, -0.25) is 4.57 Å². The van der Waals surface area contributed by atoms with E-state index in [0.717, 1.165) is 0 Å². The first-order valence-electron chi connectivity index (χ1n) is 1.25. The van der Waals surface area contributed by atoms with Gasteiger partial charge in [0.25, 0.3) is 0 Å². The van der Waals surface area contributed by atoms with Crippen LogP contribution in [0.25, 0.3) is 0 Å². The lowest BCUT2D eigenvalue weighted by Gasteiger charge is -1.92. The molecule has 0 spiro atoms. The van der Waals surface area contributed by atoms with Gasteiger partial charge >= 0.3 is 7.60 Å². The number of hydrogen-bond acceptors (Lipinski definition) is 1. The van der Waals surface area contributed by atoms with Crippen molar-refractivity contribution >= 4 is 7.60 Å². The van der Waals surface area contributed by atoms with E-state index < -0.39 is 13.9 Å². The minimum Gasteiger partial charge on any atom is -0.323 e. The molecule has 4 nitrogen and oxygen atoms in total. The molecule has 5 heteroatoms. The maximum Gasteiger partial charge on any atom is 0.340 e. The van der Waals surface area contributed by atoms with Crippen LogP contribution in [-0.4, -0.2) is 16.1 Å². The third-order valence-corrected chi connectivity index (χ3v) is 0.618. The van der Waals surface area contributed by atoms with Crippen LogP contribution in [-0.2, 0) is 4.57 Å². The summed E-state index contributed by atoms with van der Waals surface area (Å²) in [6.45, 7) is 0. The minimum absolute atomic E-state index is 0.812. The lowest BCUT2D eigenvalue weighted by molar-refractivity contribution is 0.373. The Hall–Kier alpha value is 0.110. The van der Waals surface area contributed by atoms with Crippen LogP contribution < -0.4 is 5.73 Å². The predicted octanol–water partition coefficient (Wildman–Crippen LogP) is -0.596. The summed E-state index contributed by atoms with van der Waals surface area (Å²) in [6, 6.07) is 0. The van der Waals surface area contributed by atoms with Crippen LogP contribution in [0.1, 0.15) is 0 Å². The second-order valence-corrected chi connectivity index (χ2v) is 2.47. The van der Waals surface area contributed by atoms with Gasteiger partial charge in [0.1, 0.15) is 6.29 Å². The highest BCUT2D eigenvalue weighted by molar-refractivity contribution is 7.51. The van der Waals surface area contributed by atoms with Gasteiger partial charge in [0, 0.05) is 0 Å². The zero-order chi connectivity index (χ0) is 5.21. The maximum atomic E-state index is 9.51. The quantitative estimate of drug-likeness (QED) is 0.442. The zero-order valence-electron chi connectivity index (χ0n) is 2.96. The largest absolute Gasteiger partial charge is 0.340 e. The first kappa shape index (κ1) is 6.11. The van der Waals surface area contributed by atoms with Crippen molar-refractivity contribution in [1.82, 2.24) is 5.73 Å². The first-order valence-corrected chi connectivity index (χ1v) is 3.05. The van der Waals surface area contributed by atoms with Gasteiger partial charge < -0.3 is 9.79 Å². The number of rotatable bonds is 1. The van der Waals surface area contributed by atoms with E-state index in [0.29, 0.717) is 0 Å². The van der Waals surface area contributed by atoms with Crippen molar-refractivity contribution < 1.29 is 14.4 Å². The average Bonchev–Trinajstić information content (AvgIpc) is 1.35. The SMILES string of the molecule is [NH]CP(=O)(O)O. The Bertz CT molecular complexity index is 74.9. The molecule has 0 fully saturated rings. The molecule has 6 heavy (non-hydrogen) atoms. The predicted molar refractivity (Wildman–Crippen MR) is 20.0 cm³/mol. The molecule has 0 aromatic heterocycles. The third kappa shape index (κ3) is 4.11. The van der Waals surface area contributed by atoms with E-state index in [9.17, 15) is 4.57 Å². The fourth-order valence-corrected chi connectivity index (χ4v) is 0. The molecule has 0 amide bonds. The number of hydrogen-bond donors (Lipinski definition) is 2. The summed E-state index contributed by atoms with van der Waals surface area (Å²) >= 11 is 0. The lowest BCUT2D eigenvalue weighted by Crippen LogP contribution is -1.84. The molecule has 1 radical (unpaired) electrons. The Balaban J connectivity index is 3.48. The molecule has 0 atom stereocenters.